The number of para-hydroxylation sites is 1. The summed E-state index contributed by atoms with van der Waals surface area (Å²) in [5.41, 5.74) is -0.0244. The van der Waals surface area contributed by atoms with Crippen molar-refractivity contribution in [1.82, 2.24) is 0 Å². The van der Waals surface area contributed by atoms with E-state index in [4.69, 9.17) is 20.5 Å². The molecule has 0 heterocycles. The summed E-state index contributed by atoms with van der Waals surface area (Å²) in [5, 5.41) is 0.172. The van der Waals surface area contributed by atoms with Gasteiger partial charge in [0.25, 0.3) is 0 Å². The fourth-order valence-corrected chi connectivity index (χ4v) is 4.23. The van der Waals surface area contributed by atoms with Crippen LogP contribution in [0, 0.1) is 0 Å². The van der Waals surface area contributed by atoms with Crippen LogP contribution >= 0.6 is 27.5 Å². The van der Waals surface area contributed by atoms with E-state index in [1.165, 1.54) is 44.6 Å². The standard InChI is InChI=1S/C15H12BrClO6S/c1-21-14-11(16)7-9(17)8-13(14)24(19,20)23-12-6-4-3-5-10(12)15(18)22-2/h3-8H,1-2H3. The van der Waals surface area contributed by atoms with Crippen molar-refractivity contribution in [2.24, 2.45) is 0 Å². The number of benzene rings is 2. The zero-order valence-electron chi connectivity index (χ0n) is 12.6. The van der Waals surface area contributed by atoms with Crippen molar-refractivity contribution >= 4 is 43.6 Å². The Balaban J connectivity index is 2.53. The summed E-state index contributed by atoms with van der Waals surface area (Å²) in [5.74, 6) is -0.850. The molecular formula is C15H12BrClO6S. The van der Waals surface area contributed by atoms with E-state index in [2.05, 4.69) is 20.7 Å². The molecular weight excluding hydrogens is 424 g/mol. The van der Waals surface area contributed by atoms with Gasteiger partial charge < -0.3 is 13.7 Å². The highest BCUT2D eigenvalue weighted by molar-refractivity contribution is 9.10. The lowest BCUT2D eigenvalue weighted by Crippen LogP contribution is -2.14. The molecule has 2 aromatic carbocycles. The van der Waals surface area contributed by atoms with Gasteiger partial charge in [-0.15, -0.1) is 0 Å². The Labute approximate surface area is 152 Å². The highest BCUT2D eigenvalue weighted by atomic mass is 79.9. The third kappa shape index (κ3) is 3.82. The summed E-state index contributed by atoms with van der Waals surface area (Å²) < 4.78 is 40.4. The average Bonchev–Trinajstić information content (AvgIpc) is 2.53. The molecule has 0 saturated carbocycles. The van der Waals surface area contributed by atoms with Crippen molar-refractivity contribution in [2.45, 2.75) is 4.90 Å². The summed E-state index contributed by atoms with van der Waals surface area (Å²) >= 11 is 9.09. The number of carbonyl (C=O) groups excluding carboxylic acids is 1. The summed E-state index contributed by atoms with van der Waals surface area (Å²) in [6.45, 7) is 0. The van der Waals surface area contributed by atoms with Crippen LogP contribution in [-0.4, -0.2) is 28.6 Å². The van der Waals surface area contributed by atoms with E-state index in [9.17, 15) is 13.2 Å². The molecule has 0 N–H and O–H groups in total. The molecule has 0 aliphatic carbocycles. The van der Waals surface area contributed by atoms with Gasteiger partial charge in [-0.1, -0.05) is 23.7 Å². The number of hydrogen-bond acceptors (Lipinski definition) is 6. The van der Waals surface area contributed by atoms with Gasteiger partial charge in [0.15, 0.2) is 16.4 Å². The zero-order valence-corrected chi connectivity index (χ0v) is 15.7. The minimum absolute atomic E-state index is 0.0244. The zero-order chi connectivity index (χ0) is 17.9. The molecule has 0 bridgehead atoms. The molecule has 6 nitrogen and oxygen atoms in total. The molecule has 0 fully saturated rings. The van der Waals surface area contributed by atoms with Crippen LogP contribution in [0.25, 0.3) is 0 Å². The van der Waals surface area contributed by atoms with Gasteiger partial charge in [-0.2, -0.15) is 8.42 Å². The highest BCUT2D eigenvalue weighted by Gasteiger charge is 2.26. The molecule has 0 amide bonds. The lowest BCUT2D eigenvalue weighted by molar-refractivity contribution is 0.0599. The van der Waals surface area contributed by atoms with E-state index >= 15 is 0 Å². The molecule has 0 aliphatic rings. The van der Waals surface area contributed by atoms with Crippen molar-refractivity contribution in [2.75, 3.05) is 14.2 Å². The van der Waals surface area contributed by atoms with Gasteiger partial charge in [0.2, 0.25) is 0 Å². The topological polar surface area (TPSA) is 78.9 Å². The van der Waals surface area contributed by atoms with Gasteiger partial charge in [0.05, 0.1) is 18.7 Å². The fourth-order valence-electron chi connectivity index (χ4n) is 1.90. The highest BCUT2D eigenvalue weighted by Crippen LogP contribution is 2.37. The number of hydrogen-bond donors (Lipinski definition) is 0. The van der Waals surface area contributed by atoms with Crippen molar-refractivity contribution < 1.29 is 26.9 Å². The Morgan fingerprint density at radius 1 is 1.17 bits per heavy atom. The third-order valence-electron chi connectivity index (χ3n) is 2.94. The van der Waals surface area contributed by atoms with Crippen LogP contribution in [0.2, 0.25) is 5.02 Å². The number of carbonyl (C=O) groups is 1. The van der Waals surface area contributed by atoms with Gasteiger partial charge >= 0.3 is 16.1 Å². The summed E-state index contributed by atoms with van der Waals surface area (Å²) in [7, 11) is -1.81. The Morgan fingerprint density at radius 2 is 1.83 bits per heavy atom. The van der Waals surface area contributed by atoms with Crippen LogP contribution < -0.4 is 8.92 Å². The minimum Gasteiger partial charge on any atom is -0.494 e. The smallest absolute Gasteiger partial charge is 0.343 e. The molecule has 0 atom stereocenters. The SMILES string of the molecule is COC(=O)c1ccccc1OS(=O)(=O)c1cc(Cl)cc(Br)c1OC. The first-order valence-electron chi connectivity index (χ1n) is 6.45. The van der Waals surface area contributed by atoms with Gasteiger partial charge in [-0.05, 0) is 40.2 Å². The Bertz CT molecular complexity index is 882. The number of halogens is 2. The number of esters is 1. The van der Waals surface area contributed by atoms with Crippen molar-refractivity contribution in [3.63, 3.8) is 0 Å². The van der Waals surface area contributed by atoms with E-state index in [1.807, 2.05) is 0 Å². The van der Waals surface area contributed by atoms with E-state index in [1.54, 1.807) is 6.07 Å². The third-order valence-corrected chi connectivity index (χ3v) is 4.99. The van der Waals surface area contributed by atoms with E-state index in [0.717, 1.165) is 0 Å². The lowest BCUT2D eigenvalue weighted by Gasteiger charge is -2.14. The number of ether oxygens (including phenoxy) is 2. The molecule has 0 aliphatic heterocycles. The summed E-state index contributed by atoms with van der Waals surface area (Å²) in [4.78, 5) is 11.5. The van der Waals surface area contributed by atoms with Crippen LogP contribution in [0.4, 0.5) is 0 Å². The Kier molecular flexibility index (Phi) is 5.74. The van der Waals surface area contributed by atoms with Crippen molar-refractivity contribution in [3.05, 3.63) is 51.5 Å². The predicted octanol–water partition coefficient (Wildman–Crippen LogP) is 3.67. The molecule has 0 aromatic heterocycles. The summed E-state index contributed by atoms with van der Waals surface area (Å²) in [6.07, 6.45) is 0. The van der Waals surface area contributed by atoms with E-state index < -0.39 is 16.1 Å². The molecule has 0 spiro atoms. The van der Waals surface area contributed by atoms with Crippen LogP contribution in [-0.2, 0) is 14.9 Å². The van der Waals surface area contributed by atoms with Crippen LogP contribution in [0.15, 0.2) is 45.8 Å². The molecule has 24 heavy (non-hydrogen) atoms. The second kappa shape index (κ2) is 7.42. The number of methoxy groups -OCH3 is 2. The van der Waals surface area contributed by atoms with Crippen LogP contribution in [0.1, 0.15) is 10.4 Å². The maximum Gasteiger partial charge on any atom is 0.343 e. The maximum atomic E-state index is 12.6. The van der Waals surface area contributed by atoms with Gasteiger partial charge in [-0.3, -0.25) is 0 Å². The van der Waals surface area contributed by atoms with Crippen LogP contribution in [0.5, 0.6) is 11.5 Å². The quantitative estimate of drug-likeness (QED) is 0.527. The van der Waals surface area contributed by atoms with Crippen molar-refractivity contribution in [3.8, 4) is 11.5 Å². The van der Waals surface area contributed by atoms with Gasteiger partial charge in [0, 0.05) is 5.02 Å². The average molecular weight is 436 g/mol. The maximum absolute atomic E-state index is 12.6. The largest absolute Gasteiger partial charge is 0.494 e. The van der Waals surface area contributed by atoms with E-state index in [0.29, 0.717) is 4.47 Å². The van der Waals surface area contributed by atoms with Crippen molar-refractivity contribution in [1.29, 1.82) is 0 Å². The minimum atomic E-state index is -4.31. The second-order valence-corrected chi connectivity index (χ2v) is 7.25. The summed E-state index contributed by atoms with van der Waals surface area (Å²) in [6, 6.07) is 8.51. The first kappa shape index (κ1) is 18.6. The molecule has 128 valence electrons. The molecule has 2 aromatic rings. The molecule has 0 radical (unpaired) electrons. The monoisotopic (exact) mass is 434 g/mol. The first-order valence-corrected chi connectivity index (χ1v) is 9.03. The lowest BCUT2D eigenvalue weighted by atomic mass is 10.2. The molecule has 2 rings (SSSR count). The second-order valence-electron chi connectivity index (χ2n) is 4.44. The van der Waals surface area contributed by atoms with E-state index in [-0.39, 0.29) is 27.0 Å². The Hall–Kier alpha value is -1.77. The van der Waals surface area contributed by atoms with Crippen LogP contribution in [0.3, 0.4) is 0 Å². The predicted molar refractivity (Wildman–Crippen MR) is 91.3 cm³/mol. The normalized spacial score (nSPS) is 11.0. The molecule has 0 unspecified atom stereocenters. The molecule has 9 heteroatoms. The molecule has 0 saturated heterocycles. The van der Waals surface area contributed by atoms with Gasteiger partial charge in [0.1, 0.15) is 5.56 Å². The fraction of sp³-hybridized carbons (Fsp3) is 0.133. The van der Waals surface area contributed by atoms with Gasteiger partial charge in [-0.25, -0.2) is 4.79 Å². The Morgan fingerprint density at radius 3 is 2.46 bits per heavy atom. The first-order chi connectivity index (χ1) is 11.3. The number of rotatable bonds is 5.